The Morgan fingerprint density at radius 3 is 2.50 bits per heavy atom. The molecule has 6 nitrogen and oxygen atoms in total. The summed E-state index contributed by atoms with van der Waals surface area (Å²) in [4.78, 5) is 14.3. The number of nitro groups is 1. The summed E-state index contributed by atoms with van der Waals surface area (Å²) in [5.74, 6) is 1.62. The van der Waals surface area contributed by atoms with Gasteiger partial charge in [0.05, 0.1) is 5.54 Å². The monoisotopic (exact) mass is 296 g/mol. The quantitative estimate of drug-likeness (QED) is 0.478. The lowest BCUT2D eigenvalue weighted by Gasteiger charge is -2.59. The molecule has 0 unspecified atom stereocenters. The number of hydrogen-bond acceptors (Lipinski definition) is 4. The molecular weight excluding hydrogens is 280 g/mol. The normalized spacial score (nSPS) is 42.1. The Kier molecular flexibility index (Phi) is 2.34. The van der Waals surface area contributed by atoms with Crippen LogP contribution in [0.3, 0.4) is 0 Å². The summed E-state index contributed by atoms with van der Waals surface area (Å²) in [6.07, 6.45) is 6.38. The number of alkyl halides is 1. The molecule has 0 aromatic carbocycles. The first-order valence-electron chi connectivity index (χ1n) is 7.17. The number of aryl methyl sites for hydroxylation is 1. The van der Waals surface area contributed by atoms with Gasteiger partial charge in [0.2, 0.25) is 5.82 Å². The Balaban J connectivity index is 1.79. The van der Waals surface area contributed by atoms with Gasteiger partial charge in [0, 0.05) is 16.9 Å². The Morgan fingerprint density at radius 2 is 2.00 bits per heavy atom. The van der Waals surface area contributed by atoms with Crippen LogP contribution in [0.15, 0.2) is 0 Å². The van der Waals surface area contributed by atoms with E-state index in [9.17, 15) is 10.1 Å². The number of nitrogens with zero attached hydrogens (tertiary/aromatic N) is 4. The van der Waals surface area contributed by atoms with E-state index in [-0.39, 0.29) is 16.4 Å². The fourth-order valence-corrected chi connectivity index (χ4v) is 5.94. The zero-order chi connectivity index (χ0) is 14.1. The van der Waals surface area contributed by atoms with Crippen LogP contribution in [-0.4, -0.2) is 24.6 Å². The van der Waals surface area contributed by atoms with E-state index in [1.807, 2.05) is 4.68 Å². The van der Waals surface area contributed by atoms with Crippen LogP contribution < -0.4 is 0 Å². The SMILES string of the molecule is Cc1nc([N+](=O)[O-])nn1C12C[C@H]3C[C@@H](CC(Cl)(C3)C1)C2. The van der Waals surface area contributed by atoms with Gasteiger partial charge in [-0.3, -0.25) is 0 Å². The van der Waals surface area contributed by atoms with E-state index < -0.39 is 4.92 Å². The van der Waals surface area contributed by atoms with Crippen molar-refractivity contribution in [2.45, 2.75) is 55.9 Å². The van der Waals surface area contributed by atoms with Crippen LogP contribution in [0.25, 0.3) is 0 Å². The van der Waals surface area contributed by atoms with E-state index in [1.165, 1.54) is 6.42 Å². The summed E-state index contributed by atoms with van der Waals surface area (Å²) in [6, 6.07) is 0. The van der Waals surface area contributed by atoms with Crippen molar-refractivity contribution in [1.82, 2.24) is 14.8 Å². The topological polar surface area (TPSA) is 73.8 Å². The molecule has 1 aromatic heterocycles. The summed E-state index contributed by atoms with van der Waals surface area (Å²) >= 11 is 6.80. The van der Waals surface area contributed by atoms with Gasteiger partial charge in [0.15, 0.2) is 0 Å². The summed E-state index contributed by atoms with van der Waals surface area (Å²) in [7, 11) is 0. The maximum absolute atomic E-state index is 10.9. The first-order chi connectivity index (χ1) is 9.39. The standard InChI is InChI=1S/C13H17ClN4O2/c1-8-15-11(18(19)20)16-17(8)13-5-9-2-10(6-13)4-12(14,3-9)7-13/h9-10H,2-7H2,1H3/t9-,10-,12?,13?/m0/s1. The highest BCUT2D eigenvalue weighted by Crippen LogP contribution is 2.62. The van der Waals surface area contributed by atoms with E-state index in [4.69, 9.17) is 11.6 Å². The maximum Gasteiger partial charge on any atom is 0.491 e. The largest absolute Gasteiger partial charge is 0.491 e. The van der Waals surface area contributed by atoms with Crippen molar-refractivity contribution in [2.75, 3.05) is 0 Å². The second kappa shape index (κ2) is 3.72. The van der Waals surface area contributed by atoms with E-state index in [2.05, 4.69) is 10.1 Å². The summed E-state index contributed by atoms with van der Waals surface area (Å²) in [6.45, 7) is 1.81. The van der Waals surface area contributed by atoms with Crippen LogP contribution >= 0.6 is 11.6 Å². The Labute approximate surface area is 121 Å². The Morgan fingerprint density at radius 1 is 1.35 bits per heavy atom. The summed E-state index contributed by atoms with van der Waals surface area (Å²) in [5, 5.41) is 15.1. The molecule has 0 radical (unpaired) electrons. The molecule has 4 bridgehead atoms. The molecule has 4 aliphatic carbocycles. The molecule has 20 heavy (non-hydrogen) atoms. The van der Waals surface area contributed by atoms with Gasteiger partial charge >= 0.3 is 5.95 Å². The van der Waals surface area contributed by atoms with Crippen LogP contribution in [0, 0.1) is 28.9 Å². The summed E-state index contributed by atoms with van der Waals surface area (Å²) in [5.41, 5.74) is -0.142. The van der Waals surface area contributed by atoms with Crippen molar-refractivity contribution < 1.29 is 4.92 Å². The Bertz CT molecular complexity index is 585. The van der Waals surface area contributed by atoms with Gasteiger partial charge in [-0.15, -0.1) is 11.6 Å². The molecule has 4 fully saturated rings. The average Bonchev–Trinajstić information content (AvgIpc) is 2.68. The van der Waals surface area contributed by atoms with Crippen molar-refractivity contribution in [1.29, 1.82) is 0 Å². The highest BCUT2D eigenvalue weighted by molar-refractivity contribution is 6.24. The molecule has 0 aliphatic heterocycles. The highest BCUT2D eigenvalue weighted by Gasteiger charge is 2.59. The number of hydrogen-bond donors (Lipinski definition) is 0. The molecule has 0 saturated heterocycles. The lowest BCUT2D eigenvalue weighted by atomic mass is 9.52. The van der Waals surface area contributed by atoms with Crippen LogP contribution in [0.2, 0.25) is 0 Å². The van der Waals surface area contributed by atoms with E-state index in [0.29, 0.717) is 17.7 Å². The van der Waals surface area contributed by atoms with Gasteiger partial charge in [0.25, 0.3) is 0 Å². The van der Waals surface area contributed by atoms with Gasteiger partial charge in [-0.25, -0.2) is 0 Å². The maximum atomic E-state index is 10.9. The molecular formula is C13H17ClN4O2. The molecule has 1 aromatic rings. The molecule has 0 spiro atoms. The molecule has 108 valence electrons. The van der Waals surface area contributed by atoms with Crippen molar-refractivity contribution in [3.63, 3.8) is 0 Å². The van der Waals surface area contributed by atoms with E-state index >= 15 is 0 Å². The molecule has 1 heterocycles. The minimum atomic E-state index is -0.513. The average molecular weight is 297 g/mol. The van der Waals surface area contributed by atoms with Crippen molar-refractivity contribution >= 4 is 17.5 Å². The summed E-state index contributed by atoms with van der Waals surface area (Å²) < 4.78 is 1.82. The predicted molar refractivity (Wildman–Crippen MR) is 72.7 cm³/mol. The van der Waals surface area contributed by atoms with E-state index in [1.54, 1.807) is 6.92 Å². The smallest absolute Gasteiger partial charge is 0.390 e. The fourth-order valence-electron chi connectivity index (χ4n) is 5.25. The molecule has 2 atom stereocenters. The third kappa shape index (κ3) is 1.63. The van der Waals surface area contributed by atoms with Gasteiger partial charge in [0.1, 0.15) is 0 Å². The van der Waals surface area contributed by atoms with Crippen LogP contribution in [0.4, 0.5) is 5.95 Å². The van der Waals surface area contributed by atoms with Crippen LogP contribution in [0.5, 0.6) is 0 Å². The third-order valence-corrected chi connectivity index (χ3v) is 5.77. The number of aromatic nitrogens is 3. The van der Waals surface area contributed by atoms with E-state index in [0.717, 1.165) is 32.1 Å². The van der Waals surface area contributed by atoms with Gasteiger partial charge < -0.3 is 10.1 Å². The number of halogens is 1. The lowest BCUT2D eigenvalue weighted by Crippen LogP contribution is -2.58. The minimum absolute atomic E-state index is 0.128. The van der Waals surface area contributed by atoms with Crippen molar-refractivity contribution in [3.05, 3.63) is 15.9 Å². The van der Waals surface area contributed by atoms with Crippen molar-refractivity contribution in [2.24, 2.45) is 11.8 Å². The first-order valence-corrected chi connectivity index (χ1v) is 7.54. The van der Waals surface area contributed by atoms with Crippen LogP contribution in [0.1, 0.15) is 44.3 Å². The fraction of sp³-hybridized carbons (Fsp3) is 0.846. The molecule has 0 amide bonds. The molecule has 7 heteroatoms. The number of rotatable bonds is 2. The first kappa shape index (κ1) is 12.6. The highest BCUT2D eigenvalue weighted by atomic mass is 35.5. The van der Waals surface area contributed by atoms with Crippen molar-refractivity contribution in [3.8, 4) is 0 Å². The zero-order valence-electron chi connectivity index (χ0n) is 11.4. The zero-order valence-corrected chi connectivity index (χ0v) is 12.1. The second-order valence-electron chi connectivity index (χ2n) is 6.96. The molecule has 0 N–H and O–H groups in total. The lowest BCUT2D eigenvalue weighted by molar-refractivity contribution is -0.394. The molecule has 4 saturated carbocycles. The minimum Gasteiger partial charge on any atom is -0.390 e. The van der Waals surface area contributed by atoms with Crippen LogP contribution in [-0.2, 0) is 5.54 Å². The van der Waals surface area contributed by atoms with Gasteiger partial charge in [-0.2, -0.15) is 4.68 Å². The van der Waals surface area contributed by atoms with Gasteiger partial charge in [-0.1, -0.05) is 0 Å². The second-order valence-corrected chi connectivity index (χ2v) is 7.77. The van der Waals surface area contributed by atoms with Gasteiger partial charge in [-0.05, 0) is 60.3 Å². The molecule has 4 aliphatic rings. The Hall–Kier alpha value is -1.17. The molecule has 5 rings (SSSR count). The third-order valence-electron chi connectivity index (χ3n) is 5.33. The predicted octanol–water partition coefficient (Wildman–Crippen LogP) is 2.78.